The molecule has 0 bridgehead atoms. The van der Waals surface area contributed by atoms with Gasteiger partial charge in [-0.3, -0.25) is 0 Å². The molecule has 0 aliphatic carbocycles. The largest absolute Gasteiger partial charge is 0.444 e. The number of hydrogen-bond donors (Lipinski definition) is 0. The van der Waals surface area contributed by atoms with Crippen LogP contribution in [0.15, 0.2) is 28.7 Å². The lowest BCUT2D eigenvalue weighted by molar-refractivity contribution is 0.00604. The van der Waals surface area contributed by atoms with Crippen molar-refractivity contribution in [2.24, 2.45) is 9.81 Å². The van der Waals surface area contributed by atoms with Gasteiger partial charge >= 0.3 is 6.09 Å². The fourth-order valence-electron chi connectivity index (χ4n) is 2.58. The third kappa shape index (κ3) is 9.09. The minimum atomic E-state index is -1.48. The summed E-state index contributed by atoms with van der Waals surface area (Å²) in [6.45, 7) is 19.6. The third-order valence-corrected chi connectivity index (χ3v) is 6.27. The zero-order valence-electron chi connectivity index (χ0n) is 20.7. The highest BCUT2D eigenvalue weighted by molar-refractivity contribution is 7.85. The van der Waals surface area contributed by atoms with Crippen LogP contribution in [0.1, 0.15) is 81.2 Å². The van der Waals surface area contributed by atoms with Gasteiger partial charge in [0.15, 0.2) is 0 Å². The second kappa shape index (κ2) is 10.2. The maximum atomic E-state index is 13.4. The lowest BCUT2D eigenvalue weighted by Gasteiger charge is -2.38. The Morgan fingerprint density at radius 1 is 1.06 bits per heavy atom. The summed E-state index contributed by atoms with van der Waals surface area (Å²) >= 11 is 0. The molecule has 1 rings (SSSR count). The number of benzene rings is 1. The lowest BCUT2D eigenvalue weighted by Crippen LogP contribution is -2.48. The first-order valence-corrected chi connectivity index (χ1v) is 11.8. The maximum Gasteiger partial charge on any atom is 0.410 e. The minimum Gasteiger partial charge on any atom is -0.444 e. The Labute approximate surface area is 190 Å². The summed E-state index contributed by atoms with van der Waals surface area (Å²) < 4.78 is 35.7. The molecule has 7 heteroatoms. The van der Waals surface area contributed by atoms with Crippen molar-refractivity contribution in [1.82, 2.24) is 4.90 Å². The molecule has 2 atom stereocenters. The van der Waals surface area contributed by atoms with Crippen LogP contribution in [-0.4, -0.2) is 43.8 Å². The van der Waals surface area contributed by atoms with Crippen LogP contribution in [0.2, 0.25) is 0 Å². The predicted molar refractivity (Wildman–Crippen MR) is 127 cm³/mol. The van der Waals surface area contributed by atoms with Gasteiger partial charge in [0.25, 0.3) is 0 Å². The topological polar surface area (TPSA) is 59.0 Å². The van der Waals surface area contributed by atoms with Crippen LogP contribution in [0.5, 0.6) is 0 Å². The summed E-state index contributed by atoms with van der Waals surface area (Å²) in [5, 5.41) is 0. The molecule has 1 amide bonds. The second-order valence-corrected chi connectivity index (χ2v) is 12.8. The van der Waals surface area contributed by atoms with Crippen molar-refractivity contribution < 1.29 is 18.1 Å². The Balaban J connectivity index is 3.27. The Kier molecular flexibility index (Phi) is 9.01. The summed E-state index contributed by atoms with van der Waals surface area (Å²) in [7, 11) is -1.48. The van der Waals surface area contributed by atoms with E-state index >= 15 is 0 Å². The monoisotopic (exact) mass is 454 g/mol. The van der Waals surface area contributed by atoms with E-state index in [0.717, 1.165) is 0 Å². The van der Waals surface area contributed by atoms with Crippen LogP contribution in [0, 0.1) is 11.2 Å². The number of halogens is 1. The fraction of sp³-hybridized carbons (Fsp3) is 0.667. The van der Waals surface area contributed by atoms with E-state index < -0.39 is 27.4 Å². The van der Waals surface area contributed by atoms with Crippen molar-refractivity contribution in [3.8, 4) is 0 Å². The number of hydrogen-bond acceptors (Lipinski definition) is 3. The number of carbonyl (C=O) groups is 1. The molecule has 31 heavy (non-hydrogen) atoms. The highest BCUT2D eigenvalue weighted by Crippen LogP contribution is 2.26. The molecular weight excluding hydrogens is 415 g/mol. The quantitative estimate of drug-likeness (QED) is 0.485. The van der Waals surface area contributed by atoms with E-state index in [-0.39, 0.29) is 17.3 Å². The molecule has 0 fully saturated rings. The van der Waals surface area contributed by atoms with E-state index in [1.54, 1.807) is 17.0 Å². The number of amides is 1. The van der Waals surface area contributed by atoms with Crippen molar-refractivity contribution in [3.05, 3.63) is 35.6 Å². The summed E-state index contributed by atoms with van der Waals surface area (Å²) in [4.78, 5) is 14.7. The van der Waals surface area contributed by atoms with Crippen molar-refractivity contribution >= 4 is 22.8 Å². The molecule has 0 aromatic heterocycles. The normalized spacial score (nSPS) is 15.4. The molecule has 0 radical (unpaired) electrons. The Bertz CT molecular complexity index is 800. The molecular formula is C24H39FN2O3S. The molecule has 0 aliphatic rings. The van der Waals surface area contributed by atoms with Crippen LogP contribution >= 0.6 is 0 Å². The van der Waals surface area contributed by atoms with Gasteiger partial charge in [0.05, 0.1) is 10.5 Å². The zero-order valence-corrected chi connectivity index (χ0v) is 21.5. The van der Waals surface area contributed by atoms with Gasteiger partial charge in [0.2, 0.25) is 0 Å². The first-order chi connectivity index (χ1) is 13.9. The van der Waals surface area contributed by atoms with E-state index in [1.807, 2.05) is 48.5 Å². The maximum absolute atomic E-state index is 13.4. The van der Waals surface area contributed by atoms with Crippen molar-refractivity contribution in [2.75, 3.05) is 6.54 Å². The molecule has 0 spiro atoms. The molecule has 0 heterocycles. The molecule has 0 saturated carbocycles. The van der Waals surface area contributed by atoms with Crippen LogP contribution in [0.4, 0.5) is 9.18 Å². The molecule has 1 aromatic carbocycles. The molecule has 0 aliphatic heterocycles. The van der Waals surface area contributed by atoms with Gasteiger partial charge in [-0.05, 0) is 71.6 Å². The van der Waals surface area contributed by atoms with Crippen molar-refractivity contribution in [3.63, 3.8) is 0 Å². The van der Waals surface area contributed by atoms with Gasteiger partial charge in [-0.25, -0.2) is 13.4 Å². The zero-order chi connectivity index (χ0) is 24.2. The van der Waals surface area contributed by atoms with Crippen LogP contribution in [-0.2, 0) is 15.7 Å². The van der Waals surface area contributed by atoms with E-state index in [0.29, 0.717) is 24.2 Å². The van der Waals surface area contributed by atoms with E-state index in [1.165, 1.54) is 12.1 Å². The summed E-state index contributed by atoms with van der Waals surface area (Å²) in [6.07, 6.45) is -0.0297. The van der Waals surface area contributed by atoms with Gasteiger partial charge in [0, 0.05) is 19.0 Å². The van der Waals surface area contributed by atoms with Gasteiger partial charge in [0.1, 0.15) is 22.4 Å². The van der Waals surface area contributed by atoms with E-state index in [2.05, 4.69) is 25.2 Å². The molecule has 5 nitrogen and oxygen atoms in total. The SMILES string of the molecule is C[C@H](N(CC/C(=N\[S@](=O)C(C)(C)C)c1ccc(F)cc1)C(=O)OC(C)(C)C)C(C)(C)C. The standard InChI is InChI=1S/C24H39FN2O3S/c1-17(22(2,3)4)27(21(28)30-23(5,6)7)16-15-20(26-31(29)24(8,9)10)18-11-13-19(25)14-12-18/h11-14,17H,15-16H2,1-10H3/b26-20+/t17-,31+/m0/s1. The fourth-order valence-corrected chi connectivity index (χ4v) is 3.25. The van der Waals surface area contributed by atoms with Gasteiger partial charge in [-0.15, -0.1) is 0 Å². The lowest BCUT2D eigenvalue weighted by atomic mass is 9.87. The molecule has 176 valence electrons. The highest BCUT2D eigenvalue weighted by atomic mass is 32.2. The van der Waals surface area contributed by atoms with Gasteiger partial charge in [-0.1, -0.05) is 32.9 Å². The molecule has 0 unspecified atom stereocenters. The van der Waals surface area contributed by atoms with E-state index in [4.69, 9.17) is 4.74 Å². The average Bonchev–Trinajstić information content (AvgIpc) is 2.58. The van der Waals surface area contributed by atoms with E-state index in [9.17, 15) is 13.4 Å². The Morgan fingerprint density at radius 2 is 1.58 bits per heavy atom. The summed E-state index contributed by atoms with van der Waals surface area (Å²) in [5.41, 5.74) is 0.474. The minimum absolute atomic E-state index is 0.107. The number of ether oxygens (including phenoxy) is 1. The number of carbonyl (C=O) groups excluding carboxylic acids is 1. The molecule has 1 aromatic rings. The average molecular weight is 455 g/mol. The van der Waals surface area contributed by atoms with Crippen molar-refractivity contribution in [1.29, 1.82) is 0 Å². The Hall–Kier alpha value is -1.76. The summed E-state index contributed by atoms with van der Waals surface area (Å²) in [6, 6.07) is 5.85. The van der Waals surface area contributed by atoms with Crippen LogP contribution in [0.3, 0.4) is 0 Å². The second-order valence-electron chi connectivity index (χ2n) is 10.9. The first kappa shape index (κ1) is 27.3. The number of rotatable bonds is 6. The first-order valence-electron chi connectivity index (χ1n) is 10.7. The van der Waals surface area contributed by atoms with Gasteiger partial charge in [-0.2, -0.15) is 4.40 Å². The highest BCUT2D eigenvalue weighted by Gasteiger charge is 2.33. The Morgan fingerprint density at radius 3 is 2.00 bits per heavy atom. The molecule has 0 saturated heterocycles. The van der Waals surface area contributed by atoms with Crippen LogP contribution in [0.25, 0.3) is 0 Å². The van der Waals surface area contributed by atoms with Gasteiger partial charge < -0.3 is 9.64 Å². The van der Waals surface area contributed by atoms with Crippen LogP contribution < -0.4 is 0 Å². The molecule has 0 N–H and O–H groups in total. The smallest absolute Gasteiger partial charge is 0.410 e. The van der Waals surface area contributed by atoms with Crippen molar-refractivity contribution in [2.45, 2.75) is 92.0 Å². The summed E-state index contributed by atoms with van der Waals surface area (Å²) in [5.74, 6) is -0.350. The predicted octanol–water partition coefficient (Wildman–Crippen LogP) is 6.14. The third-order valence-electron chi connectivity index (χ3n) is 4.83. The number of nitrogens with zero attached hydrogens (tertiary/aromatic N) is 2.